The highest BCUT2D eigenvalue weighted by molar-refractivity contribution is 5.78. The van der Waals surface area contributed by atoms with Crippen LogP contribution in [0.3, 0.4) is 0 Å². The molecule has 2 rings (SSSR count). The summed E-state index contributed by atoms with van der Waals surface area (Å²) in [5.41, 5.74) is 4.96. The maximum absolute atomic E-state index is 10.6. The van der Waals surface area contributed by atoms with Gasteiger partial charge in [-0.05, 0) is 43.6 Å². The van der Waals surface area contributed by atoms with Crippen molar-refractivity contribution in [2.45, 2.75) is 31.8 Å². The van der Waals surface area contributed by atoms with E-state index in [1.807, 2.05) is 0 Å². The molecule has 2 saturated carbocycles. The van der Waals surface area contributed by atoms with Crippen molar-refractivity contribution in [2.24, 2.45) is 23.5 Å². The van der Waals surface area contributed by atoms with Crippen molar-refractivity contribution in [3.63, 3.8) is 0 Å². The van der Waals surface area contributed by atoms with Crippen LogP contribution in [0, 0.1) is 17.8 Å². The molecule has 0 spiro atoms. The number of aliphatic hydroxyl groups excluding tert-OH is 1. The van der Waals surface area contributed by atoms with E-state index in [2.05, 4.69) is 5.32 Å². The first kappa shape index (κ1) is 10.9. The Morgan fingerprint density at radius 3 is 2.80 bits per heavy atom. The van der Waals surface area contributed by atoms with E-state index in [9.17, 15) is 9.90 Å². The number of nitrogens with one attached hydrogen (secondary N) is 1. The number of nitrogens with two attached hydrogens (primary N) is 1. The van der Waals surface area contributed by atoms with Gasteiger partial charge in [0.2, 0.25) is 5.91 Å². The smallest absolute Gasteiger partial charge is 0.247 e. The molecule has 2 fully saturated rings. The zero-order chi connectivity index (χ0) is 10.8. The molecule has 2 aliphatic carbocycles. The Hall–Kier alpha value is -0.610. The van der Waals surface area contributed by atoms with Crippen LogP contribution < -0.4 is 11.1 Å². The highest BCUT2D eigenvalue weighted by atomic mass is 16.3. The van der Waals surface area contributed by atoms with Gasteiger partial charge in [0.15, 0.2) is 0 Å². The molecule has 0 radical (unpaired) electrons. The van der Waals surface area contributed by atoms with Gasteiger partial charge in [0.05, 0.1) is 0 Å². The van der Waals surface area contributed by atoms with Gasteiger partial charge >= 0.3 is 0 Å². The van der Waals surface area contributed by atoms with Crippen LogP contribution in [0.25, 0.3) is 0 Å². The number of hydrogen-bond acceptors (Lipinski definition) is 3. The Morgan fingerprint density at radius 1 is 1.47 bits per heavy atom. The third kappa shape index (κ3) is 2.49. The van der Waals surface area contributed by atoms with E-state index in [4.69, 9.17) is 5.73 Å². The first-order valence-corrected chi connectivity index (χ1v) is 5.85. The molecule has 15 heavy (non-hydrogen) atoms. The summed E-state index contributed by atoms with van der Waals surface area (Å²) in [5, 5.41) is 12.3. The predicted octanol–water partition coefficient (Wildman–Crippen LogP) is -0.142. The van der Waals surface area contributed by atoms with Gasteiger partial charge in [-0.1, -0.05) is 6.42 Å². The molecule has 0 aromatic rings. The molecule has 0 aliphatic heterocycles. The number of carbonyl (C=O) groups is 1. The third-order valence-electron chi connectivity index (χ3n) is 3.96. The van der Waals surface area contributed by atoms with E-state index >= 15 is 0 Å². The zero-order valence-electron chi connectivity index (χ0n) is 8.98. The summed E-state index contributed by atoms with van der Waals surface area (Å²) in [4.78, 5) is 10.6. The summed E-state index contributed by atoms with van der Waals surface area (Å²) in [5.74, 6) is 1.94. The van der Waals surface area contributed by atoms with Gasteiger partial charge < -0.3 is 16.2 Å². The van der Waals surface area contributed by atoms with Crippen LogP contribution in [-0.4, -0.2) is 30.2 Å². The fourth-order valence-corrected chi connectivity index (χ4v) is 3.13. The van der Waals surface area contributed by atoms with Crippen LogP contribution in [0.5, 0.6) is 0 Å². The quantitative estimate of drug-likeness (QED) is 0.593. The maximum Gasteiger partial charge on any atom is 0.247 e. The van der Waals surface area contributed by atoms with E-state index < -0.39 is 12.0 Å². The van der Waals surface area contributed by atoms with E-state index in [0.29, 0.717) is 6.54 Å². The Balaban J connectivity index is 1.64. The molecule has 4 unspecified atom stereocenters. The van der Waals surface area contributed by atoms with Gasteiger partial charge in [0.1, 0.15) is 6.10 Å². The average molecular weight is 212 g/mol. The molecule has 4 heteroatoms. The Kier molecular flexibility index (Phi) is 3.26. The number of amides is 1. The summed E-state index contributed by atoms with van der Waals surface area (Å²) in [6, 6.07) is 0. The first-order valence-electron chi connectivity index (χ1n) is 5.85. The summed E-state index contributed by atoms with van der Waals surface area (Å²) < 4.78 is 0. The molecule has 4 N–H and O–H groups in total. The number of primary amides is 1. The molecule has 1 amide bonds. The number of fused-ring (bicyclic) bond motifs is 2. The summed E-state index contributed by atoms with van der Waals surface area (Å²) in [6.45, 7) is 1.22. The van der Waals surface area contributed by atoms with Crippen molar-refractivity contribution in [2.75, 3.05) is 13.1 Å². The van der Waals surface area contributed by atoms with Crippen LogP contribution in [0.15, 0.2) is 0 Å². The molecule has 2 bridgehead atoms. The monoisotopic (exact) mass is 212 g/mol. The van der Waals surface area contributed by atoms with Crippen LogP contribution >= 0.6 is 0 Å². The molecular weight excluding hydrogens is 192 g/mol. The molecular formula is C11H20N2O2. The molecule has 0 saturated heterocycles. The molecule has 0 aromatic carbocycles. The number of aliphatic hydroxyl groups is 1. The molecule has 0 heterocycles. The van der Waals surface area contributed by atoms with E-state index in [1.54, 1.807) is 0 Å². The van der Waals surface area contributed by atoms with Crippen LogP contribution in [0.1, 0.15) is 25.7 Å². The number of hydrogen-bond donors (Lipinski definition) is 3. The van der Waals surface area contributed by atoms with Crippen molar-refractivity contribution in [1.82, 2.24) is 5.32 Å². The minimum Gasteiger partial charge on any atom is -0.382 e. The number of carbonyl (C=O) groups excluding carboxylic acids is 1. The first-order chi connectivity index (χ1) is 7.16. The second kappa shape index (κ2) is 4.49. The minimum atomic E-state index is -1.04. The van der Waals surface area contributed by atoms with Crippen LogP contribution in [0.4, 0.5) is 0 Å². The van der Waals surface area contributed by atoms with E-state index in [0.717, 1.165) is 24.3 Å². The number of rotatable bonds is 5. The van der Waals surface area contributed by atoms with Gasteiger partial charge in [-0.15, -0.1) is 0 Å². The lowest BCUT2D eigenvalue weighted by atomic mass is 9.89. The summed E-state index contributed by atoms with van der Waals surface area (Å²) in [6.07, 6.45) is 4.46. The van der Waals surface area contributed by atoms with Crippen molar-refractivity contribution < 1.29 is 9.90 Å². The van der Waals surface area contributed by atoms with Gasteiger partial charge in [-0.2, -0.15) is 0 Å². The summed E-state index contributed by atoms with van der Waals surface area (Å²) >= 11 is 0. The summed E-state index contributed by atoms with van der Waals surface area (Å²) in [7, 11) is 0. The average Bonchev–Trinajstić information content (AvgIpc) is 2.78. The SMILES string of the molecule is NC(=O)C(O)CNCC1CC2CCC1C2. The highest BCUT2D eigenvalue weighted by Crippen LogP contribution is 2.47. The van der Waals surface area contributed by atoms with Gasteiger partial charge in [-0.3, -0.25) is 4.79 Å². The Morgan fingerprint density at radius 2 is 2.27 bits per heavy atom. The van der Waals surface area contributed by atoms with Crippen molar-refractivity contribution >= 4 is 5.91 Å². The Bertz CT molecular complexity index is 245. The Labute approximate surface area is 90.2 Å². The largest absolute Gasteiger partial charge is 0.382 e. The molecule has 2 aliphatic rings. The van der Waals surface area contributed by atoms with E-state index in [1.165, 1.54) is 25.7 Å². The second-order valence-corrected chi connectivity index (χ2v) is 5.01. The fraction of sp³-hybridized carbons (Fsp3) is 0.909. The fourth-order valence-electron chi connectivity index (χ4n) is 3.13. The lowest BCUT2D eigenvalue weighted by Crippen LogP contribution is -2.39. The zero-order valence-corrected chi connectivity index (χ0v) is 8.98. The molecule has 4 nitrogen and oxygen atoms in total. The van der Waals surface area contributed by atoms with Crippen molar-refractivity contribution in [3.05, 3.63) is 0 Å². The van der Waals surface area contributed by atoms with Crippen molar-refractivity contribution in [1.29, 1.82) is 0 Å². The normalized spacial score (nSPS) is 35.7. The van der Waals surface area contributed by atoms with Crippen LogP contribution in [0.2, 0.25) is 0 Å². The minimum absolute atomic E-state index is 0.295. The van der Waals surface area contributed by atoms with Gasteiger partial charge in [-0.25, -0.2) is 0 Å². The topological polar surface area (TPSA) is 75.4 Å². The van der Waals surface area contributed by atoms with Gasteiger partial charge in [0.25, 0.3) is 0 Å². The predicted molar refractivity (Wildman–Crippen MR) is 57.0 cm³/mol. The molecule has 0 aromatic heterocycles. The van der Waals surface area contributed by atoms with Crippen molar-refractivity contribution in [3.8, 4) is 0 Å². The maximum atomic E-state index is 10.6. The lowest BCUT2D eigenvalue weighted by molar-refractivity contribution is -0.125. The standard InChI is InChI=1S/C11H20N2O2/c12-11(15)10(14)6-13-5-9-4-7-1-2-8(9)3-7/h7-10,13-14H,1-6H2,(H2,12,15). The van der Waals surface area contributed by atoms with Crippen LogP contribution in [-0.2, 0) is 4.79 Å². The lowest BCUT2D eigenvalue weighted by Gasteiger charge is -2.22. The molecule has 4 atom stereocenters. The van der Waals surface area contributed by atoms with Gasteiger partial charge in [0, 0.05) is 6.54 Å². The third-order valence-corrected chi connectivity index (χ3v) is 3.96. The second-order valence-electron chi connectivity index (χ2n) is 5.01. The van der Waals surface area contributed by atoms with E-state index in [-0.39, 0.29) is 0 Å². The highest BCUT2D eigenvalue weighted by Gasteiger charge is 2.38. The molecule has 86 valence electrons.